The number of aromatic nitrogens is 2. The van der Waals surface area contributed by atoms with E-state index in [1.807, 2.05) is 11.3 Å². The number of fused-ring (bicyclic) bond motifs is 1. The fourth-order valence-corrected chi connectivity index (χ4v) is 3.32. The highest BCUT2D eigenvalue weighted by Crippen LogP contribution is 2.36. The van der Waals surface area contributed by atoms with E-state index in [9.17, 15) is 0 Å². The Morgan fingerprint density at radius 2 is 2.24 bits per heavy atom. The van der Waals surface area contributed by atoms with Crippen molar-refractivity contribution in [2.75, 3.05) is 17.2 Å². The van der Waals surface area contributed by atoms with Crippen LogP contribution in [0.1, 0.15) is 23.4 Å². The summed E-state index contributed by atoms with van der Waals surface area (Å²) in [6.45, 7) is 3.15. The standard InChI is InChI=1S/C12H14N4S/c1-8-9-3-7-17-10(9)2-6-16(8)12-11(13)14-4-5-15-12/h3-5,7-8H,2,6H2,1H3,(H2,13,14). The third-order valence-corrected chi connectivity index (χ3v) is 4.25. The normalized spacial score (nSPS) is 19.1. The summed E-state index contributed by atoms with van der Waals surface area (Å²) in [5.74, 6) is 1.31. The summed E-state index contributed by atoms with van der Waals surface area (Å²) >= 11 is 1.84. The lowest BCUT2D eigenvalue weighted by Gasteiger charge is -2.34. The van der Waals surface area contributed by atoms with Gasteiger partial charge in [0.2, 0.25) is 0 Å². The maximum atomic E-state index is 5.90. The zero-order valence-corrected chi connectivity index (χ0v) is 10.4. The molecular weight excluding hydrogens is 232 g/mol. The van der Waals surface area contributed by atoms with Crippen LogP contribution in [0.25, 0.3) is 0 Å². The van der Waals surface area contributed by atoms with E-state index in [1.54, 1.807) is 12.4 Å². The Kier molecular flexibility index (Phi) is 2.48. The Bertz CT molecular complexity index is 537. The lowest BCUT2D eigenvalue weighted by molar-refractivity contribution is 0.625. The molecule has 0 aromatic carbocycles. The lowest BCUT2D eigenvalue weighted by atomic mass is 10.0. The predicted octanol–water partition coefficient (Wildman–Crippen LogP) is 2.24. The van der Waals surface area contributed by atoms with Crippen molar-refractivity contribution in [3.05, 3.63) is 34.3 Å². The Balaban J connectivity index is 2.00. The van der Waals surface area contributed by atoms with Crippen LogP contribution in [0, 0.1) is 0 Å². The van der Waals surface area contributed by atoms with Crippen molar-refractivity contribution in [1.82, 2.24) is 9.97 Å². The first-order valence-corrected chi connectivity index (χ1v) is 6.54. The van der Waals surface area contributed by atoms with E-state index in [2.05, 4.69) is 33.2 Å². The largest absolute Gasteiger partial charge is 0.381 e. The molecule has 3 heterocycles. The Hall–Kier alpha value is -1.62. The van der Waals surface area contributed by atoms with Gasteiger partial charge in [-0.3, -0.25) is 0 Å². The molecule has 0 amide bonds. The molecule has 1 aliphatic heterocycles. The molecule has 5 heteroatoms. The van der Waals surface area contributed by atoms with Crippen LogP contribution in [0.3, 0.4) is 0 Å². The van der Waals surface area contributed by atoms with Crippen LogP contribution in [0.15, 0.2) is 23.8 Å². The van der Waals surface area contributed by atoms with E-state index < -0.39 is 0 Å². The van der Waals surface area contributed by atoms with Gasteiger partial charge in [-0.2, -0.15) is 0 Å². The van der Waals surface area contributed by atoms with Crippen LogP contribution in [-0.2, 0) is 6.42 Å². The van der Waals surface area contributed by atoms with E-state index in [0.717, 1.165) is 18.8 Å². The molecule has 2 aromatic rings. The molecule has 0 aliphatic carbocycles. The molecular formula is C12H14N4S. The van der Waals surface area contributed by atoms with Gasteiger partial charge in [-0.05, 0) is 30.4 Å². The molecule has 0 saturated carbocycles. The monoisotopic (exact) mass is 246 g/mol. The maximum Gasteiger partial charge on any atom is 0.172 e. The molecule has 0 saturated heterocycles. The molecule has 2 aromatic heterocycles. The highest BCUT2D eigenvalue weighted by atomic mass is 32.1. The SMILES string of the molecule is CC1c2ccsc2CCN1c1nccnc1N. The molecule has 0 bridgehead atoms. The Labute approximate surface area is 104 Å². The fourth-order valence-electron chi connectivity index (χ4n) is 2.36. The van der Waals surface area contributed by atoms with Gasteiger partial charge >= 0.3 is 0 Å². The molecule has 4 nitrogen and oxygen atoms in total. The van der Waals surface area contributed by atoms with Crippen molar-refractivity contribution >= 4 is 23.0 Å². The average Bonchev–Trinajstić information content (AvgIpc) is 2.80. The van der Waals surface area contributed by atoms with Crippen molar-refractivity contribution < 1.29 is 0 Å². The quantitative estimate of drug-likeness (QED) is 0.838. The van der Waals surface area contributed by atoms with E-state index >= 15 is 0 Å². The van der Waals surface area contributed by atoms with Crippen molar-refractivity contribution in [3.63, 3.8) is 0 Å². The number of hydrogen-bond donors (Lipinski definition) is 1. The molecule has 17 heavy (non-hydrogen) atoms. The van der Waals surface area contributed by atoms with Gasteiger partial charge in [-0.1, -0.05) is 0 Å². The van der Waals surface area contributed by atoms with Crippen molar-refractivity contribution in [3.8, 4) is 0 Å². The molecule has 0 spiro atoms. The number of hydrogen-bond acceptors (Lipinski definition) is 5. The topological polar surface area (TPSA) is 55.0 Å². The van der Waals surface area contributed by atoms with Crippen LogP contribution in [-0.4, -0.2) is 16.5 Å². The van der Waals surface area contributed by atoms with E-state index in [0.29, 0.717) is 11.9 Å². The first-order valence-electron chi connectivity index (χ1n) is 5.67. The number of thiophene rings is 1. The van der Waals surface area contributed by atoms with E-state index in [1.165, 1.54) is 10.4 Å². The van der Waals surface area contributed by atoms with Crippen LogP contribution in [0.5, 0.6) is 0 Å². The Morgan fingerprint density at radius 1 is 1.41 bits per heavy atom. The molecule has 3 rings (SSSR count). The van der Waals surface area contributed by atoms with Gasteiger partial charge in [0.05, 0.1) is 6.04 Å². The molecule has 1 aliphatic rings. The van der Waals surface area contributed by atoms with Crippen molar-refractivity contribution in [1.29, 1.82) is 0 Å². The van der Waals surface area contributed by atoms with Gasteiger partial charge in [0, 0.05) is 23.8 Å². The first-order chi connectivity index (χ1) is 8.27. The molecule has 0 fully saturated rings. The van der Waals surface area contributed by atoms with Gasteiger partial charge in [0.15, 0.2) is 11.6 Å². The lowest BCUT2D eigenvalue weighted by Crippen LogP contribution is -2.34. The maximum absolute atomic E-state index is 5.90. The highest BCUT2D eigenvalue weighted by Gasteiger charge is 2.26. The summed E-state index contributed by atoms with van der Waals surface area (Å²) in [7, 11) is 0. The van der Waals surface area contributed by atoms with Crippen molar-refractivity contribution in [2.24, 2.45) is 0 Å². The minimum absolute atomic E-state index is 0.323. The van der Waals surface area contributed by atoms with Gasteiger partial charge in [-0.25, -0.2) is 9.97 Å². The number of nitrogens with zero attached hydrogens (tertiary/aromatic N) is 3. The van der Waals surface area contributed by atoms with Gasteiger partial charge in [0.25, 0.3) is 0 Å². The number of nitrogen functional groups attached to an aromatic ring is 1. The summed E-state index contributed by atoms with van der Waals surface area (Å²) in [4.78, 5) is 12.2. The number of anilines is 2. The third-order valence-electron chi connectivity index (χ3n) is 3.26. The minimum atomic E-state index is 0.323. The molecule has 88 valence electrons. The zero-order valence-electron chi connectivity index (χ0n) is 9.63. The van der Waals surface area contributed by atoms with Crippen molar-refractivity contribution in [2.45, 2.75) is 19.4 Å². The molecule has 1 atom stereocenters. The minimum Gasteiger partial charge on any atom is -0.381 e. The zero-order chi connectivity index (χ0) is 11.8. The van der Waals surface area contributed by atoms with E-state index in [-0.39, 0.29) is 0 Å². The summed E-state index contributed by atoms with van der Waals surface area (Å²) in [6.07, 6.45) is 4.39. The molecule has 1 unspecified atom stereocenters. The third kappa shape index (κ3) is 1.67. The first kappa shape index (κ1) is 10.5. The predicted molar refractivity (Wildman–Crippen MR) is 70.2 cm³/mol. The molecule has 2 N–H and O–H groups in total. The average molecular weight is 246 g/mol. The summed E-state index contributed by atoms with van der Waals surface area (Å²) in [6, 6.07) is 2.52. The van der Waals surface area contributed by atoms with Gasteiger partial charge in [0.1, 0.15) is 0 Å². The van der Waals surface area contributed by atoms with Crippen LogP contribution in [0.4, 0.5) is 11.6 Å². The number of rotatable bonds is 1. The van der Waals surface area contributed by atoms with Crippen LogP contribution >= 0.6 is 11.3 Å². The highest BCUT2D eigenvalue weighted by molar-refractivity contribution is 7.10. The summed E-state index contributed by atoms with van der Waals surface area (Å²) in [5, 5.41) is 2.16. The van der Waals surface area contributed by atoms with E-state index in [4.69, 9.17) is 5.73 Å². The second-order valence-corrected chi connectivity index (χ2v) is 5.18. The van der Waals surface area contributed by atoms with Crippen LogP contribution < -0.4 is 10.6 Å². The molecule has 0 radical (unpaired) electrons. The van der Waals surface area contributed by atoms with Gasteiger partial charge < -0.3 is 10.6 Å². The summed E-state index contributed by atoms with van der Waals surface area (Å²) < 4.78 is 0. The van der Waals surface area contributed by atoms with Crippen LogP contribution in [0.2, 0.25) is 0 Å². The second kappa shape index (κ2) is 4.00. The second-order valence-electron chi connectivity index (χ2n) is 4.18. The summed E-state index contributed by atoms with van der Waals surface area (Å²) in [5.41, 5.74) is 7.29. The van der Waals surface area contributed by atoms with Gasteiger partial charge in [-0.15, -0.1) is 11.3 Å². The number of nitrogens with two attached hydrogens (primary N) is 1. The Morgan fingerprint density at radius 3 is 3.06 bits per heavy atom. The fraction of sp³-hybridized carbons (Fsp3) is 0.333. The smallest absolute Gasteiger partial charge is 0.172 e.